The van der Waals surface area contributed by atoms with Gasteiger partial charge < -0.3 is 10.2 Å². The van der Waals surface area contributed by atoms with E-state index in [4.69, 9.17) is 11.6 Å². The van der Waals surface area contributed by atoms with Crippen LogP contribution >= 0.6 is 11.6 Å². The van der Waals surface area contributed by atoms with E-state index in [-0.39, 0.29) is 37.4 Å². The Morgan fingerprint density at radius 1 is 1.05 bits per heavy atom. The highest BCUT2D eigenvalue weighted by molar-refractivity contribution is 7.92. The maximum absolute atomic E-state index is 13.5. The molecule has 0 bridgehead atoms. The molecule has 0 unspecified atom stereocenters. The van der Waals surface area contributed by atoms with Crippen molar-refractivity contribution in [2.75, 3.05) is 17.1 Å². The second kappa shape index (κ2) is 13.5. The molecule has 2 amide bonds. The number of nitrogens with one attached hydrogen (secondary N) is 1. The van der Waals surface area contributed by atoms with Gasteiger partial charge in [0.15, 0.2) is 0 Å². The minimum Gasteiger partial charge on any atom is -0.352 e. The maximum atomic E-state index is 13.5. The van der Waals surface area contributed by atoms with E-state index in [1.165, 1.54) is 17.0 Å². The van der Waals surface area contributed by atoms with E-state index in [1.807, 2.05) is 38.1 Å². The number of halogens is 1. The predicted molar refractivity (Wildman–Crippen MR) is 154 cm³/mol. The highest BCUT2D eigenvalue weighted by Gasteiger charge is 2.28. The van der Waals surface area contributed by atoms with Crippen molar-refractivity contribution in [3.05, 3.63) is 64.2 Å². The van der Waals surface area contributed by atoms with E-state index in [9.17, 15) is 18.0 Å². The second-order valence-electron chi connectivity index (χ2n) is 10.3. The molecule has 1 atom stereocenters. The van der Waals surface area contributed by atoms with E-state index in [0.29, 0.717) is 17.1 Å². The summed E-state index contributed by atoms with van der Waals surface area (Å²) in [7, 11) is -3.54. The highest BCUT2D eigenvalue weighted by Crippen LogP contribution is 2.26. The summed E-state index contributed by atoms with van der Waals surface area (Å²) in [4.78, 5) is 28.2. The number of benzene rings is 2. The summed E-state index contributed by atoms with van der Waals surface area (Å²) in [5.41, 5.74) is 3.38. The Labute approximate surface area is 232 Å². The number of rotatable bonds is 11. The zero-order valence-electron chi connectivity index (χ0n) is 22.9. The maximum Gasteiger partial charge on any atom is 0.242 e. The molecule has 208 valence electrons. The first-order valence-electron chi connectivity index (χ1n) is 13.4. The third-order valence-electron chi connectivity index (χ3n) is 7.38. The zero-order chi connectivity index (χ0) is 27.9. The molecular formula is C29H40ClN3O4S. The van der Waals surface area contributed by atoms with Gasteiger partial charge in [-0.05, 0) is 74.9 Å². The van der Waals surface area contributed by atoms with Crippen molar-refractivity contribution in [1.29, 1.82) is 0 Å². The number of aryl methyl sites for hydroxylation is 1. The van der Waals surface area contributed by atoms with Crippen molar-refractivity contribution >= 4 is 39.1 Å². The van der Waals surface area contributed by atoms with Gasteiger partial charge in [-0.1, -0.05) is 55.1 Å². The molecule has 7 nitrogen and oxygen atoms in total. The summed E-state index contributed by atoms with van der Waals surface area (Å²) in [6, 6.07) is 12.3. The molecule has 2 aromatic rings. The van der Waals surface area contributed by atoms with Crippen molar-refractivity contribution in [2.45, 2.75) is 84.3 Å². The summed E-state index contributed by atoms with van der Waals surface area (Å²) in [6.07, 6.45) is 6.94. The van der Waals surface area contributed by atoms with E-state index in [0.717, 1.165) is 42.4 Å². The Bertz CT molecular complexity index is 1210. The predicted octanol–water partition coefficient (Wildman–Crippen LogP) is 5.37. The molecule has 3 rings (SSSR count). The lowest BCUT2D eigenvalue weighted by Gasteiger charge is -2.31. The van der Waals surface area contributed by atoms with Crippen molar-refractivity contribution in [2.24, 2.45) is 0 Å². The first-order chi connectivity index (χ1) is 18.0. The third-order valence-corrected chi connectivity index (χ3v) is 8.81. The monoisotopic (exact) mass is 561 g/mol. The molecular weight excluding hydrogens is 522 g/mol. The Balaban J connectivity index is 1.73. The number of amides is 2. The Kier molecular flexibility index (Phi) is 10.6. The molecule has 0 heterocycles. The van der Waals surface area contributed by atoms with Gasteiger partial charge in [0.1, 0.15) is 6.04 Å². The molecule has 1 aliphatic carbocycles. The quantitative estimate of drug-likeness (QED) is 0.399. The van der Waals surface area contributed by atoms with Gasteiger partial charge in [-0.25, -0.2) is 8.42 Å². The van der Waals surface area contributed by atoms with Crippen LogP contribution in [0.25, 0.3) is 0 Å². The summed E-state index contributed by atoms with van der Waals surface area (Å²) < 4.78 is 26.6. The Morgan fingerprint density at radius 2 is 1.71 bits per heavy atom. The third kappa shape index (κ3) is 8.21. The van der Waals surface area contributed by atoms with Crippen LogP contribution in [0.15, 0.2) is 42.5 Å². The van der Waals surface area contributed by atoms with Crippen LogP contribution in [0.5, 0.6) is 0 Å². The number of carbonyl (C=O) groups is 2. The molecule has 0 aliphatic heterocycles. The average Bonchev–Trinajstić information content (AvgIpc) is 2.87. The lowest BCUT2D eigenvalue weighted by atomic mass is 9.95. The van der Waals surface area contributed by atoms with E-state index < -0.39 is 16.1 Å². The largest absolute Gasteiger partial charge is 0.352 e. The molecule has 0 spiro atoms. The molecule has 1 saturated carbocycles. The van der Waals surface area contributed by atoms with Crippen LogP contribution in [0, 0.1) is 13.8 Å². The van der Waals surface area contributed by atoms with Crippen LogP contribution in [0.2, 0.25) is 5.02 Å². The van der Waals surface area contributed by atoms with Crippen molar-refractivity contribution in [3.8, 4) is 0 Å². The fourth-order valence-corrected chi connectivity index (χ4v) is 6.07. The molecule has 0 radical (unpaired) electrons. The van der Waals surface area contributed by atoms with E-state index in [1.54, 1.807) is 30.0 Å². The smallest absolute Gasteiger partial charge is 0.242 e. The topological polar surface area (TPSA) is 86.8 Å². The summed E-state index contributed by atoms with van der Waals surface area (Å²) in [5, 5.41) is 3.73. The molecule has 38 heavy (non-hydrogen) atoms. The molecule has 0 saturated heterocycles. The number of hydrogen-bond donors (Lipinski definition) is 1. The molecule has 0 aromatic heterocycles. The van der Waals surface area contributed by atoms with E-state index in [2.05, 4.69) is 5.32 Å². The Morgan fingerprint density at radius 3 is 2.34 bits per heavy atom. The van der Waals surface area contributed by atoms with Crippen molar-refractivity contribution in [3.63, 3.8) is 0 Å². The lowest BCUT2D eigenvalue weighted by molar-refractivity contribution is -0.141. The summed E-state index contributed by atoms with van der Waals surface area (Å²) in [5.74, 6) is -0.354. The highest BCUT2D eigenvalue weighted by atomic mass is 35.5. The van der Waals surface area contributed by atoms with Gasteiger partial charge >= 0.3 is 0 Å². The first-order valence-corrected chi connectivity index (χ1v) is 15.6. The van der Waals surface area contributed by atoms with E-state index >= 15 is 0 Å². The van der Waals surface area contributed by atoms with Gasteiger partial charge in [0.2, 0.25) is 21.8 Å². The lowest BCUT2D eigenvalue weighted by Crippen LogP contribution is -2.50. The van der Waals surface area contributed by atoms with Crippen molar-refractivity contribution in [1.82, 2.24) is 10.2 Å². The fourth-order valence-electron chi connectivity index (χ4n) is 4.93. The number of sulfonamides is 1. The van der Waals surface area contributed by atoms with Gasteiger partial charge in [-0.15, -0.1) is 0 Å². The normalized spacial score (nSPS) is 15.1. The second-order valence-corrected chi connectivity index (χ2v) is 12.7. The molecule has 1 aliphatic rings. The van der Waals surface area contributed by atoms with Crippen LogP contribution in [-0.4, -0.2) is 50.0 Å². The number of carbonyl (C=O) groups excluding carboxylic acids is 2. The van der Waals surface area contributed by atoms with Gasteiger partial charge in [-0.3, -0.25) is 13.9 Å². The number of nitrogens with zero attached hydrogens (tertiary/aromatic N) is 2. The minimum atomic E-state index is -3.54. The van der Waals surface area contributed by atoms with Crippen LogP contribution in [0.3, 0.4) is 0 Å². The van der Waals surface area contributed by atoms with Gasteiger partial charge in [-0.2, -0.15) is 0 Å². The van der Waals surface area contributed by atoms with Gasteiger partial charge in [0.05, 0.1) is 11.9 Å². The first kappa shape index (κ1) is 30.0. The zero-order valence-corrected chi connectivity index (χ0v) is 24.4. The molecule has 9 heteroatoms. The van der Waals surface area contributed by atoms with Crippen LogP contribution in [0.4, 0.5) is 5.69 Å². The van der Waals surface area contributed by atoms with Crippen LogP contribution < -0.4 is 9.62 Å². The standard InChI is InChI=1S/C29H40ClN3O4S/c1-21-10-8-13-27(22(21)2)33(38(4,36)37)19-9-14-28(34)32(20-24-15-17-25(30)18-16-24)23(3)29(35)31-26-11-6-5-7-12-26/h8,10,13,15-18,23,26H,5-7,9,11-12,14,19-20H2,1-4H3,(H,31,35)/t23-/m0/s1. The number of anilines is 1. The van der Waals surface area contributed by atoms with Gasteiger partial charge in [0, 0.05) is 30.6 Å². The average molecular weight is 562 g/mol. The Hall–Kier alpha value is -2.58. The minimum absolute atomic E-state index is 0.117. The van der Waals surface area contributed by atoms with Crippen molar-refractivity contribution < 1.29 is 18.0 Å². The summed E-state index contributed by atoms with van der Waals surface area (Å²) in [6.45, 7) is 6.03. The van der Waals surface area contributed by atoms with Crippen LogP contribution in [-0.2, 0) is 26.2 Å². The fraction of sp³-hybridized carbons (Fsp3) is 0.517. The van der Waals surface area contributed by atoms with Crippen LogP contribution in [0.1, 0.15) is 68.6 Å². The number of hydrogen-bond acceptors (Lipinski definition) is 4. The molecule has 1 fully saturated rings. The molecule has 1 N–H and O–H groups in total. The summed E-state index contributed by atoms with van der Waals surface area (Å²) >= 11 is 6.04. The van der Waals surface area contributed by atoms with Gasteiger partial charge in [0.25, 0.3) is 0 Å². The SMILES string of the molecule is Cc1cccc(N(CCCC(=O)N(Cc2ccc(Cl)cc2)[C@@H](C)C(=O)NC2CCCCC2)S(C)(=O)=O)c1C. The molecule has 2 aromatic carbocycles.